The second kappa shape index (κ2) is 8.82. The monoisotopic (exact) mass is 492 g/mol. The molecule has 1 saturated carbocycles. The summed E-state index contributed by atoms with van der Waals surface area (Å²) in [4.78, 5) is 40.1. The number of amides is 2. The molecule has 1 aliphatic carbocycles. The summed E-state index contributed by atoms with van der Waals surface area (Å²) in [6.45, 7) is 1.36. The van der Waals surface area contributed by atoms with E-state index in [0.717, 1.165) is 17.3 Å². The number of hydrogen-bond acceptors (Lipinski definition) is 4. The highest BCUT2D eigenvalue weighted by molar-refractivity contribution is 6.30. The molecule has 0 bridgehead atoms. The van der Waals surface area contributed by atoms with Gasteiger partial charge in [-0.05, 0) is 43.9 Å². The van der Waals surface area contributed by atoms with Crippen LogP contribution in [0.4, 0.5) is 4.39 Å². The Kier molecular flexibility index (Phi) is 5.81. The predicted octanol–water partition coefficient (Wildman–Crippen LogP) is 3.81. The van der Waals surface area contributed by atoms with Gasteiger partial charge in [-0.2, -0.15) is 5.26 Å². The molecule has 7 nitrogen and oxygen atoms in total. The quantitative estimate of drug-likeness (QED) is 0.529. The van der Waals surface area contributed by atoms with Gasteiger partial charge in [0, 0.05) is 40.8 Å². The van der Waals surface area contributed by atoms with E-state index < -0.39 is 11.9 Å². The largest absolute Gasteiger partial charge is 0.350 e. The zero-order valence-corrected chi connectivity index (χ0v) is 19.7. The molecule has 3 atom stereocenters. The van der Waals surface area contributed by atoms with E-state index in [-0.39, 0.29) is 58.8 Å². The Bertz CT molecular complexity index is 1430. The van der Waals surface area contributed by atoms with Gasteiger partial charge in [0.05, 0.1) is 16.7 Å². The van der Waals surface area contributed by atoms with E-state index in [1.165, 1.54) is 19.1 Å². The molecule has 2 fully saturated rings. The van der Waals surface area contributed by atoms with Crippen LogP contribution in [0.3, 0.4) is 0 Å². The number of fused-ring (bicyclic) bond motifs is 2. The molecule has 35 heavy (non-hydrogen) atoms. The van der Waals surface area contributed by atoms with Crippen LogP contribution < -0.4 is 5.32 Å². The highest BCUT2D eigenvalue weighted by Crippen LogP contribution is 2.48. The minimum atomic E-state index is -0.686. The minimum absolute atomic E-state index is 0.00917. The maximum absolute atomic E-state index is 14.4. The third kappa shape index (κ3) is 4.17. The van der Waals surface area contributed by atoms with Crippen LogP contribution in [0.5, 0.6) is 0 Å². The first kappa shape index (κ1) is 23.1. The molecule has 1 aliphatic heterocycles. The summed E-state index contributed by atoms with van der Waals surface area (Å²) in [6, 6.07) is 11.3. The fourth-order valence-electron chi connectivity index (χ4n) is 5.07. The number of carbonyl (C=O) groups is 3. The zero-order valence-electron chi connectivity index (χ0n) is 18.9. The van der Waals surface area contributed by atoms with Crippen molar-refractivity contribution in [2.24, 2.45) is 5.92 Å². The van der Waals surface area contributed by atoms with E-state index in [9.17, 15) is 18.8 Å². The molecule has 5 rings (SSSR count). The van der Waals surface area contributed by atoms with Crippen LogP contribution in [0.15, 0.2) is 42.6 Å². The van der Waals surface area contributed by atoms with Crippen molar-refractivity contribution in [1.82, 2.24) is 14.8 Å². The molecule has 2 aromatic carbocycles. The molecule has 3 aromatic rings. The summed E-state index contributed by atoms with van der Waals surface area (Å²) in [6.07, 6.45) is 3.10. The molecule has 2 heterocycles. The number of nitrogens with zero attached hydrogens (tertiary/aromatic N) is 3. The molecular weight excluding hydrogens is 471 g/mol. The molecule has 0 spiro atoms. The van der Waals surface area contributed by atoms with E-state index in [4.69, 9.17) is 16.9 Å². The zero-order chi connectivity index (χ0) is 24.9. The first-order valence-electron chi connectivity index (χ1n) is 11.3. The standard InChI is InChI=1S/C26H22ClFN4O3/c1-14(33)19-12-31(21-5-3-2-4-18(19)21)13-24(34)32-22-8-16(22)9-23(32)26(35)30-11-17-6-15(10-29)7-20(27)25(17)28/h2-7,12,16,22-23H,8-9,11,13H2,1H3,(H,30,35)/t16-,22-,23+/m1/s1. The number of rotatable bonds is 6. The molecule has 0 unspecified atom stereocenters. The smallest absolute Gasteiger partial charge is 0.243 e. The first-order chi connectivity index (χ1) is 16.8. The van der Waals surface area contributed by atoms with Gasteiger partial charge in [-0.1, -0.05) is 29.8 Å². The van der Waals surface area contributed by atoms with Crippen molar-refractivity contribution in [2.45, 2.75) is 44.9 Å². The summed E-state index contributed by atoms with van der Waals surface area (Å²) in [5, 5.41) is 12.4. The average Bonchev–Trinajstić information content (AvgIpc) is 3.34. The van der Waals surface area contributed by atoms with E-state index >= 15 is 0 Å². The number of carbonyl (C=O) groups excluding carboxylic acids is 3. The SMILES string of the molecule is CC(=O)c1cn(CC(=O)N2[C@@H]3C[C@@H]3C[C@H]2C(=O)NCc2cc(C#N)cc(Cl)c2F)c2ccccc12. The summed E-state index contributed by atoms with van der Waals surface area (Å²) in [7, 11) is 0. The third-order valence-electron chi connectivity index (χ3n) is 6.85. The van der Waals surface area contributed by atoms with Gasteiger partial charge in [-0.3, -0.25) is 14.4 Å². The summed E-state index contributed by atoms with van der Waals surface area (Å²) >= 11 is 5.85. The van der Waals surface area contributed by atoms with Crippen molar-refractivity contribution in [2.75, 3.05) is 0 Å². The Morgan fingerprint density at radius 3 is 2.74 bits per heavy atom. The van der Waals surface area contributed by atoms with Crippen molar-refractivity contribution in [3.8, 4) is 6.07 Å². The minimum Gasteiger partial charge on any atom is -0.350 e. The lowest BCUT2D eigenvalue weighted by Crippen LogP contribution is -2.48. The Balaban J connectivity index is 1.33. The second-order valence-corrected chi connectivity index (χ2v) is 9.53. The lowest BCUT2D eigenvalue weighted by Gasteiger charge is -2.27. The Morgan fingerprint density at radius 1 is 1.23 bits per heavy atom. The van der Waals surface area contributed by atoms with E-state index in [2.05, 4.69) is 5.32 Å². The molecule has 178 valence electrons. The lowest BCUT2D eigenvalue weighted by molar-refractivity contribution is -0.140. The Morgan fingerprint density at radius 2 is 2.00 bits per heavy atom. The highest BCUT2D eigenvalue weighted by Gasteiger charge is 2.55. The van der Waals surface area contributed by atoms with Gasteiger partial charge in [-0.25, -0.2) is 4.39 Å². The van der Waals surface area contributed by atoms with Crippen LogP contribution in [0.25, 0.3) is 10.9 Å². The van der Waals surface area contributed by atoms with Crippen LogP contribution in [0, 0.1) is 23.1 Å². The number of benzene rings is 2. The van der Waals surface area contributed by atoms with Crippen LogP contribution in [0.1, 0.15) is 41.3 Å². The number of ketones is 1. The number of piperidine rings is 1. The van der Waals surface area contributed by atoms with Crippen molar-refractivity contribution < 1.29 is 18.8 Å². The van der Waals surface area contributed by atoms with Gasteiger partial charge < -0.3 is 14.8 Å². The third-order valence-corrected chi connectivity index (χ3v) is 7.13. The number of halogens is 2. The van der Waals surface area contributed by atoms with E-state index in [1.807, 2.05) is 30.3 Å². The van der Waals surface area contributed by atoms with E-state index in [0.29, 0.717) is 12.0 Å². The molecule has 1 saturated heterocycles. The van der Waals surface area contributed by atoms with Crippen molar-refractivity contribution in [3.63, 3.8) is 0 Å². The van der Waals surface area contributed by atoms with Crippen LogP contribution in [-0.4, -0.2) is 39.1 Å². The number of para-hydroxylation sites is 1. The van der Waals surface area contributed by atoms with Crippen LogP contribution in [-0.2, 0) is 22.7 Å². The normalized spacial score (nSPS) is 20.4. The lowest BCUT2D eigenvalue weighted by atomic mass is 10.1. The van der Waals surface area contributed by atoms with Crippen molar-refractivity contribution in [3.05, 3.63) is 70.1 Å². The second-order valence-electron chi connectivity index (χ2n) is 9.12. The molecule has 0 radical (unpaired) electrons. The Hall–Kier alpha value is -3.70. The van der Waals surface area contributed by atoms with Gasteiger partial charge in [-0.15, -0.1) is 0 Å². The average molecular weight is 493 g/mol. The number of hydrogen-bond donors (Lipinski definition) is 1. The number of likely N-dealkylation sites (tertiary alicyclic amines) is 1. The summed E-state index contributed by atoms with van der Waals surface area (Å²) < 4.78 is 16.1. The number of Topliss-reactive ketones (excluding diaryl/α,β-unsaturated/α-hetero) is 1. The molecule has 1 N–H and O–H groups in total. The number of nitriles is 1. The van der Waals surface area contributed by atoms with E-state index in [1.54, 1.807) is 15.7 Å². The van der Waals surface area contributed by atoms with Crippen LogP contribution >= 0.6 is 11.6 Å². The maximum Gasteiger partial charge on any atom is 0.243 e. The molecule has 2 aliphatic rings. The summed E-state index contributed by atoms with van der Waals surface area (Å²) in [5.41, 5.74) is 1.64. The van der Waals surface area contributed by atoms with Gasteiger partial charge in [0.25, 0.3) is 0 Å². The molecule has 9 heteroatoms. The molecule has 2 amide bonds. The summed E-state index contributed by atoms with van der Waals surface area (Å²) in [5.74, 6) is -1.07. The number of nitrogens with one attached hydrogen (secondary N) is 1. The van der Waals surface area contributed by atoms with Gasteiger partial charge in [0.2, 0.25) is 11.8 Å². The predicted molar refractivity (Wildman–Crippen MR) is 127 cm³/mol. The fraction of sp³-hybridized carbons (Fsp3) is 0.308. The van der Waals surface area contributed by atoms with Gasteiger partial charge in [0.1, 0.15) is 18.4 Å². The van der Waals surface area contributed by atoms with Crippen molar-refractivity contribution in [1.29, 1.82) is 5.26 Å². The number of aromatic nitrogens is 1. The molecular formula is C26H22ClFN4O3. The van der Waals surface area contributed by atoms with Crippen molar-refractivity contribution >= 4 is 40.1 Å². The maximum atomic E-state index is 14.4. The molecule has 1 aromatic heterocycles. The first-order valence-corrected chi connectivity index (χ1v) is 11.7. The van der Waals surface area contributed by atoms with Crippen LogP contribution in [0.2, 0.25) is 5.02 Å². The Labute approximate surface area is 206 Å². The topological polar surface area (TPSA) is 95.2 Å². The highest BCUT2D eigenvalue weighted by atomic mass is 35.5. The van der Waals surface area contributed by atoms with Gasteiger partial charge >= 0.3 is 0 Å². The van der Waals surface area contributed by atoms with Gasteiger partial charge in [0.15, 0.2) is 5.78 Å². The fourth-order valence-corrected chi connectivity index (χ4v) is 5.31.